The second kappa shape index (κ2) is 5.21. The molecule has 0 spiro atoms. The topological polar surface area (TPSA) is 158 Å². The minimum absolute atomic E-state index is 0.0470. The van der Waals surface area contributed by atoms with Gasteiger partial charge in [0.25, 0.3) is 15.6 Å². The number of hydrogen-bond acceptors (Lipinski definition) is 6. The number of anilines is 1. The minimum atomic E-state index is -4.12. The third-order valence-corrected chi connectivity index (χ3v) is 4.25. The number of sulfonamides is 1. The van der Waals surface area contributed by atoms with Crippen LogP contribution >= 0.6 is 0 Å². The minimum Gasteiger partial charge on any atom is -0.478 e. The standard InChI is InChI=1S/C12H9N5O5S/c18-10-8-9(14-5-13-8)15-12(16-10)17-23(21,22)7-3-1-2-6(4-7)11(19)20/h1-5H,(H,19,20)(H3,13,14,15,16,17,18). The summed E-state index contributed by atoms with van der Waals surface area (Å²) in [4.78, 5) is 34.9. The Hall–Kier alpha value is -3.21. The highest BCUT2D eigenvalue weighted by Gasteiger charge is 2.18. The van der Waals surface area contributed by atoms with Crippen molar-refractivity contribution in [2.45, 2.75) is 4.90 Å². The molecule has 0 aliphatic rings. The second-order valence-corrected chi connectivity index (χ2v) is 6.14. The highest BCUT2D eigenvalue weighted by molar-refractivity contribution is 7.92. The molecule has 118 valence electrons. The van der Waals surface area contributed by atoms with Crippen LogP contribution in [0.3, 0.4) is 0 Å². The number of nitrogens with one attached hydrogen (secondary N) is 3. The number of nitrogens with zero attached hydrogens (tertiary/aromatic N) is 2. The highest BCUT2D eigenvalue weighted by atomic mass is 32.2. The molecular formula is C12H9N5O5S. The molecule has 0 radical (unpaired) electrons. The summed E-state index contributed by atoms with van der Waals surface area (Å²) in [5.74, 6) is -1.58. The van der Waals surface area contributed by atoms with Crippen molar-refractivity contribution < 1.29 is 18.3 Å². The van der Waals surface area contributed by atoms with Crippen LogP contribution in [-0.4, -0.2) is 39.4 Å². The number of aromatic amines is 2. The zero-order valence-electron chi connectivity index (χ0n) is 11.3. The van der Waals surface area contributed by atoms with Crippen LogP contribution in [0.25, 0.3) is 11.2 Å². The lowest BCUT2D eigenvalue weighted by Crippen LogP contribution is -2.19. The largest absolute Gasteiger partial charge is 0.478 e. The van der Waals surface area contributed by atoms with Gasteiger partial charge in [0.15, 0.2) is 11.2 Å². The molecule has 2 aromatic heterocycles. The van der Waals surface area contributed by atoms with E-state index in [1.807, 2.05) is 0 Å². The van der Waals surface area contributed by atoms with E-state index in [1.165, 1.54) is 24.5 Å². The molecular weight excluding hydrogens is 326 g/mol. The number of hydrogen-bond donors (Lipinski definition) is 4. The van der Waals surface area contributed by atoms with E-state index in [0.717, 1.165) is 6.07 Å². The normalized spacial score (nSPS) is 11.5. The van der Waals surface area contributed by atoms with Crippen LogP contribution < -0.4 is 10.3 Å². The fourth-order valence-electron chi connectivity index (χ4n) is 1.87. The smallest absolute Gasteiger partial charge is 0.335 e. The van der Waals surface area contributed by atoms with E-state index < -0.39 is 21.6 Å². The first-order valence-corrected chi connectivity index (χ1v) is 7.65. The Balaban J connectivity index is 2.01. The number of imidazole rings is 1. The fraction of sp³-hybridized carbons (Fsp3) is 0. The number of carboxylic acid groups (broad SMARTS) is 1. The lowest BCUT2D eigenvalue weighted by Gasteiger charge is -2.07. The van der Waals surface area contributed by atoms with Gasteiger partial charge >= 0.3 is 5.97 Å². The summed E-state index contributed by atoms with van der Waals surface area (Å²) in [5, 5.41) is 8.91. The summed E-state index contributed by atoms with van der Waals surface area (Å²) >= 11 is 0. The SMILES string of the molecule is O=C(O)c1cccc(S(=O)(=O)Nc2nc3nc[nH]c3c(=O)[nH]2)c1. The van der Waals surface area contributed by atoms with Crippen molar-refractivity contribution in [1.82, 2.24) is 19.9 Å². The average Bonchev–Trinajstić information content (AvgIpc) is 2.96. The van der Waals surface area contributed by atoms with Crippen molar-refractivity contribution in [3.05, 3.63) is 46.5 Å². The number of rotatable bonds is 4. The third kappa shape index (κ3) is 2.76. The van der Waals surface area contributed by atoms with E-state index in [4.69, 9.17) is 5.11 Å². The number of aromatic carboxylic acids is 1. The molecule has 0 unspecified atom stereocenters. The third-order valence-electron chi connectivity index (χ3n) is 2.92. The quantitative estimate of drug-likeness (QED) is 0.528. The second-order valence-electron chi connectivity index (χ2n) is 4.45. The van der Waals surface area contributed by atoms with Crippen molar-refractivity contribution in [3.63, 3.8) is 0 Å². The molecule has 10 nitrogen and oxygen atoms in total. The maximum absolute atomic E-state index is 12.3. The predicted octanol–water partition coefficient (Wildman–Crippen LogP) is 0.145. The number of H-pyrrole nitrogens is 2. The molecule has 0 amide bonds. The Morgan fingerprint density at radius 1 is 1.30 bits per heavy atom. The van der Waals surface area contributed by atoms with E-state index in [1.54, 1.807) is 0 Å². The Labute approximate surface area is 128 Å². The van der Waals surface area contributed by atoms with E-state index in [0.29, 0.717) is 0 Å². The Bertz CT molecular complexity index is 1070. The van der Waals surface area contributed by atoms with E-state index in [9.17, 15) is 18.0 Å². The van der Waals surface area contributed by atoms with E-state index in [2.05, 4.69) is 24.7 Å². The van der Waals surface area contributed by atoms with Crippen LogP contribution in [0, 0.1) is 0 Å². The summed E-state index contributed by atoms with van der Waals surface area (Å²) in [6.45, 7) is 0. The monoisotopic (exact) mass is 335 g/mol. The van der Waals surface area contributed by atoms with Gasteiger partial charge in [-0.2, -0.15) is 4.98 Å². The van der Waals surface area contributed by atoms with Crippen LogP contribution in [0.5, 0.6) is 0 Å². The summed E-state index contributed by atoms with van der Waals surface area (Å²) in [6, 6.07) is 4.78. The molecule has 0 aliphatic heterocycles. The lowest BCUT2D eigenvalue weighted by molar-refractivity contribution is 0.0696. The Morgan fingerprint density at radius 2 is 2.09 bits per heavy atom. The van der Waals surface area contributed by atoms with Gasteiger partial charge in [0.2, 0.25) is 5.95 Å². The number of carbonyl (C=O) groups is 1. The van der Waals surface area contributed by atoms with Crippen LogP contribution in [-0.2, 0) is 10.0 Å². The molecule has 0 saturated carbocycles. The molecule has 1 aromatic carbocycles. The maximum atomic E-state index is 12.3. The first-order chi connectivity index (χ1) is 10.9. The first-order valence-electron chi connectivity index (χ1n) is 6.16. The van der Waals surface area contributed by atoms with Crippen molar-refractivity contribution >= 4 is 33.1 Å². The van der Waals surface area contributed by atoms with Crippen LogP contribution in [0.15, 0.2) is 40.3 Å². The van der Waals surface area contributed by atoms with E-state index in [-0.39, 0.29) is 27.6 Å². The molecule has 0 saturated heterocycles. The molecule has 0 aliphatic carbocycles. The molecule has 3 aromatic rings. The fourth-order valence-corrected chi connectivity index (χ4v) is 2.88. The summed E-state index contributed by atoms with van der Waals surface area (Å²) in [7, 11) is -4.12. The lowest BCUT2D eigenvalue weighted by atomic mass is 10.2. The molecule has 0 bridgehead atoms. The maximum Gasteiger partial charge on any atom is 0.335 e. The summed E-state index contributed by atoms with van der Waals surface area (Å²) in [5.41, 5.74) is -0.617. The number of aromatic nitrogens is 4. The van der Waals surface area contributed by atoms with Crippen LogP contribution in [0.4, 0.5) is 5.95 Å². The summed E-state index contributed by atoms with van der Waals surface area (Å²) in [6.07, 6.45) is 1.25. The molecule has 23 heavy (non-hydrogen) atoms. The summed E-state index contributed by atoms with van der Waals surface area (Å²) < 4.78 is 26.6. The zero-order valence-corrected chi connectivity index (χ0v) is 12.1. The molecule has 0 atom stereocenters. The number of fused-ring (bicyclic) bond motifs is 1. The Morgan fingerprint density at radius 3 is 2.83 bits per heavy atom. The van der Waals surface area contributed by atoms with Gasteiger partial charge in [0.05, 0.1) is 16.8 Å². The van der Waals surface area contributed by atoms with Crippen LogP contribution in [0.1, 0.15) is 10.4 Å². The van der Waals surface area contributed by atoms with E-state index >= 15 is 0 Å². The van der Waals surface area contributed by atoms with Gasteiger partial charge in [-0.05, 0) is 18.2 Å². The van der Waals surface area contributed by atoms with Gasteiger partial charge < -0.3 is 10.1 Å². The van der Waals surface area contributed by atoms with Gasteiger partial charge in [0.1, 0.15) is 0 Å². The van der Waals surface area contributed by atoms with Gasteiger partial charge in [-0.25, -0.2) is 22.9 Å². The number of benzene rings is 1. The van der Waals surface area contributed by atoms with Gasteiger partial charge in [-0.1, -0.05) is 6.07 Å². The van der Waals surface area contributed by atoms with Crippen LogP contribution in [0.2, 0.25) is 0 Å². The zero-order chi connectivity index (χ0) is 16.6. The molecule has 11 heteroatoms. The molecule has 0 fully saturated rings. The number of carboxylic acids is 1. The average molecular weight is 335 g/mol. The predicted molar refractivity (Wildman–Crippen MR) is 78.7 cm³/mol. The molecule has 4 N–H and O–H groups in total. The van der Waals surface area contributed by atoms with Gasteiger partial charge in [-0.15, -0.1) is 0 Å². The van der Waals surface area contributed by atoms with Gasteiger partial charge in [0, 0.05) is 0 Å². The van der Waals surface area contributed by atoms with Crippen molar-refractivity contribution in [2.75, 3.05) is 4.72 Å². The van der Waals surface area contributed by atoms with Gasteiger partial charge in [-0.3, -0.25) is 9.78 Å². The highest BCUT2D eigenvalue weighted by Crippen LogP contribution is 2.15. The van der Waals surface area contributed by atoms with Crippen molar-refractivity contribution in [2.24, 2.45) is 0 Å². The Kier molecular flexibility index (Phi) is 3.33. The van der Waals surface area contributed by atoms with Crippen molar-refractivity contribution in [3.8, 4) is 0 Å². The molecule has 3 rings (SSSR count). The molecule has 2 heterocycles. The first kappa shape index (κ1) is 14.7. The van der Waals surface area contributed by atoms with Crippen molar-refractivity contribution in [1.29, 1.82) is 0 Å².